The molecule has 1 N–H and O–H groups in total. The minimum Gasteiger partial charge on any atom is -0.494 e. The minimum absolute atomic E-state index is 0.123. The standard InChI is InChI=1S/C39H48N2O9/c1-39(2,3)50-38(43)41-22-30-25-44-26-31(23-41)36(30)49-37(42)40-35(28-11-5-4-6-12-28)29-13-8-15-33(21-29)48-24-27-10-7-14-32(20-27)45-17-9-16-34-46-18-19-47-34/h4-8,10-15,20-21,30-31,34-36H,9,16-19,22-26H2,1-3H3,(H,40,42). The molecule has 0 aliphatic carbocycles. The van der Waals surface area contributed by atoms with Gasteiger partial charge in [-0.15, -0.1) is 0 Å². The Labute approximate surface area is 294 Å². The zero-order valence-electron chi connectivity index (χ0n) is 29.1. The zero-order chi connectivity index (χ0) is 34.9. The van der Waals surface area contributed by atoms with E-state index < -0.39 is 17.7 Å². The fourth-order valence-electron chi connectivity index (χ4n) is 6.54. The van der Waals surface area contributed by atoms with Gasteiger partial charge in [0.05, 0.1) is 39.1 Å². The van der Waals surface area contributed by atoms with Gasteiger partial charge in [-0.1, -0.05) is 54.6 Å². The lowest BCUT2D eigenvalue weighted by molar-refractivity contribution is -0.124. The van der Waals surface area contributed by atoms with E-state index in [9.17, 15) is 9.59 Å². The molecule has 0 radical (unpaired) electrons. The van der Waals surface area contributed by atoms with Gasteiger partial charge in [0.1, 0.15) is 29.8 Å². The highest BCUT2D eigenvalue weighted by Crippen LogP contribution is 2.32. The van der Waals surface area contributed by atoms with Crippen molar-refractivity contribution in [2.45, 2.75) is 64.3 Å². The first-order valence-corrected chi connectivity index (χ1v) is 17.5. The van der Waals surface area contributed by atoms with Gasteiger partial charge < -0.3 is 43.4 Å². The third-order valence-electron chi connectivity index (χ3n) is 8.83. The number of likely N-dealkylation sites (tertiary alicyclic amines) is 1. The van der Waals surface area contributed by atoms with Crippen LogP contribution in [0.25, 0.3) is 0 Å². The Bertz CT molecular complexity index is 1540. The van der Waals surface area contributed by atoms with Crippen molar-refractivity contribution in [1.82, 2.24) is 10.2 Å². The van der Waals surface area contributed by atoms with E-state index >= 15 is 0 Å². The Morgan fingerprint density at radius 2 is 1.54 bits per heavy atom. The van der Waals surface area contributed by atoms with Crippen LogP contribution in [0, 0.1) is 11.8 Å². The number of benzene rings is 3. The van der Waals surface area contributed by atoms with Gasteiger partial charge in [0, 0.05) is 31.3 Å². The number of hydrogen-bond acceptors (Lipinski definition) is 9. The summed E-state index contributed by atoms with van der Waals surface area (Å²) < 4.78 is 40.7. The van der Waals surface area contributed by atoms with E-state index in [2.05, 4.69) is 5.32 Å². The molecule has 3 saturated heterocycles. The second kappa shape index (κ2) is 16.6. The predicted molar refractivity (Wildman–Crippen MR) is 185 cm³/mol. The summed E-state index contributed by atoms with van der Waals surface area (Å²) in [6, 6.07) is 24.9. The summed E-state index contributed by atoms with van der Waals surface area (Å²) in [6.07, 6.45) is 0.246. The third-order valence-corrected chi connectivity index (χ3v) is 8.83. The quantitative estimate of drug-likeness (QED) is 0.213. The number of nitrogens with zero attached hydrogens (tertiary/aromatic N) is 1. The van der Waals surface area contributed by atoms with Crippen molar-refractivity contribution in [2.75, 3.05) is 46.1 Å². The fourth-order valence-corrected chi connectivity index (χ4v) is 6.54. The van der Waals surface area contributed by atoms with Gasteiger partial charge >= 0.3 is 12.2 Å². The summed E-state index contributed by atoms with van der Waals surface area (Å²) in [5, 5.41) is 3.11. The average Bonchev–Trinajstić information content (AvgIpc) is 3.62. The van der Waals surface area contributed by atoms with Crippen molar-refractivity contribution in [3.8, 4) is 11.5 Å². The summed E-state index contributed by atoms with van der Waals surface area (Å²) in [4.78, 5) is 28.1. The molecular formula is C39H48N2O9. The van der Waals surface area contributed by atoms with Crippen LogP contribution in [-0.4, -0.2) is 81.2 Å². The molecule has 3 fully saturated rings. The largest absolute Gasteiger partial charge is 0.494 e. The summed E-state index contributed by atoms with van der Waals surface area (Å²) in [7, 11) is 0. The van der Waals surface area contributed by atoms with E-state index in [0.717, 1.165) is 35.3 Å². The molecule has 268 valence electrons. The van der Waals surface area contributed by atoms with Crippen LogP contribution in [0.5, 0.6) is 11.5 Å². The SMILES string of the molecule is CC(C)(C)OC(=O)N1CC2COCC(C1)C2OC(=O)NC(c1ccccc1)c1cccc(OCc2cccc(OCCCC3OCCO3)c2)c1. The monoisotopic (exact) mass is 688 g/mol. The highest BCUT2D eigenvalue weighted by molar-refractivity contribution is 5.70. The van der Waals surface area contributed by atoms with Crippen LogP contribution in [0.2, 0.25) is 0 Å². The summed E-state index contributed by atoms with van der Waals surface area (Å²) in [5.41, 5.74) is 2.14. The normalized spacial score (nSPS) is 21.3. The molecule has 2 amide bonds. The molecule has 11 nitrogen and oxygen atoms in total. The highest BCUT2D eigenvalue weighted by Gasteiger charge is 2.45. The molecule has 3 aromatic rings. The Morgan fingerprint density at radius 1 is 0.860 bits per heavy atom. The number of nitrogens with one attached hydrogen (secondary N) is 1. The van der Waals surface area contributed by atoms with E-state index in [0.29, 0.717) is 58.5 Å². The van der Waals surface area contributed by atoms with Crippen molar-refractivity contribution in [2.24, 2.45) is 11.8 Å². The maximum atomic E-state index is 13.6. The Hall–Kier alpha value is -4.32. The zero-order valence-corrected chi connectivity index (χ0v) is 29.1. The molecule has 0 spiro atoms. The second-order valence-corrected chi connectivity index (χ2v) is 14.0. The Morgan fingerprint density at radius 3 is 2.26 bits per heavy atom. The maximum Gasteiger partial charge on any atom is 0.410 e. The molecule has 3 atom stereocenters. The molecular weight excluding hydrogens is 640 g/mol. The summed E-state index contributed by atoms with van der Waals surface area (Å²) >= 11 is 0. The van der Waals surface area contributed by atoms with Gasteiger partial charge in [0.25, 0.3) is 0 Å². The van der Waals surface area contributed by atoms with E-state index in [1.165, 1.54) is 0 Å². The smallest absolute Gasteiger partial charge is 0.410 e. The van der Waals surface area contributed by atoms with E-state index in [4.69, 9.17) is 33.2 Å². The maximum absolute atomic E-state index is 13.6. The van der Waals surface area contributed by atoms with Crippen LogP contribution in [0.4, 0.5) is 9.59 Å². The molecule has 3 unspecified atom stereocenters. The summed E-state index contributed by atoms with van der Waals surface area (Å²) in [5.74, 6) is 1.14. The van der Waals surface area contributed by atoms with Crippen molar-refractivity contribution in [3.63, 3.8) is 0 Å². The number of carbonyl (C=O) groups is 2. The number of amides is 2. The van der Waals surface area contributed by atoms with Crippen molar-refractivity contribution in [1.29, 1.82) is 0 Å². The number of piperidine rings is 1. The minimum atomic E-state index is -0.591. The topological polar surface area (TPSA) is 114 Å². The second-order valence-electron chi connectivity index (χ2n) is 14.0. The molecule has 0 aromatic heterocycles. The number of carbonyl (C=O) groups excluding carboxylic acids is 2. The fraction of sp³-hybridized carbons (Fsp3) is 0.487. The van der Waals surface area contributed by atoms with Gasteiger partial charge in [0.2, 0.25) is 0 Å². The van der Waals surface area contributed by atoms with Gasteiger partial charge in [-0.2, -0.15) is 0 Å². The van der Waals surface area contributed by atoms with Crippen LogP contribution in [0.15, 0.2) is 78.9 Å². The van der Waals surface area contributed by atoms with Crippen LogP contribution < -0.4 is 14.8 Å². The van der Waals surface area contributed by atoms with Gasteiger partial charge in [-0.25, -0.2) is 9.59 Å². The van der Waals surface area contributed by atoms with Gasteiger partial charge in [0.15, 0.2) is 6.29 Å². The van der Waals surface area contributed by atoms with Crippen molar-refractivity contribution >= 4 is 12.2 Å². The average molecular weight is 689 g/mol. The van der Waals surface area contributed by atoms with E-state index in [-0.39, 0.29) is 30.3 Å². The number of fused-ring (bicyclic) bond motifs is 2. The molecule has 3 aliphatic heterocycles. The molecule has 2 bridgehead atoms. The molecule has 50 heavy (non-hydrogen) atoms. The molecule has 3 aromatic carbocycles. The van der Waals surface area contributed by atoms with E-state index in [1.54, 1.807) is 4.90 Å². The van der Waals surface area contributed by atoms with Crippen LogP contribution in [0.3, 0.4) is 0 Å². The lowest BCUT2D eigenvalue weighted by atomic mass is 9.85. The third kappa shape index (κ3) is 9.89. The first kappa shape index (κ1) is 35.5. The number of hydrogen-bond donors (Lipinski definition) is 1. The van der Waals surface area contributed by atoms with Gasteiger partial charge in [-0.05, 0) is 68.1 Å². The predicted octanol–water partition coefficient (Wildman–Crippen LogP) is 6.50. The number of rotatable bonds is 12. The lowest BCUT2D eigenvalue weighted by Crippen LogP contribution is -2.59. The Balaban J connectivity index is 1.07. The van der Waals surface area contributed by atoms with Crippen molar-refractivity contribution in [3.05, 3.63) is 95.6 Å². The molecule has 3 aliphatic rings. The summed E-state index contributed by atoms with van der Waals surface area (Å²) in [6.45, 7) is 9.37. The van der Waals surface area contributed by atoms with Gasteiger partial charge in [-0.3, -0.25) is 0 Å². The first-order chi connectivity index (χ1) is 24.2. The highest BCUT2D eigenvalue weighted by atomic mass is 16.7. The van der Waals surface area contributed by atoms with E-state index in [1.807, 2.05) is 99.6 Å². The van der Waals surface area contributed by atoms with Crippen LogP contribution in [0.1, 0.15) is 56.3 Å². The lowest BCUT2D eigenvalue weighted by Gasteiger charge is -2.46. The van der Waals surface area contributed by atoms with Crippen molar-refractivity contribution < 1.29 is 42.7 Å². The number of ether oxygens (including phenoxy) is 7. The Kier molecular flexibility index (Phi) is 11.8. The molecule has 11 heteroatoms. The number of alkyl carbamates (subject to hydrolysis) is 1. The molecule has 0 saturated carbocycles. The van der Waals surface area contributed by atoms with Crippen LogP contribution in [-0.2, 0) is 30.3 Å². The molecule has 6 rings (SSSR count). The van der Waals surface area contributed by atoms with Crippen LogP contribution >= 0.6 is 0 Å². The first-order valence-electron chi connectivity index (χ1n) is 17.5. The molecule has 3 heterocycles.